The van der Waals surface area contributed by atoms with Gasteiger partial charge >= 0.3 is 0 Å². The van der Waals surface area contributed by atoms with Crippen LogP contribution in [0.25, 0.3) is 0 Å². The van der Waals surface area contributed by atoms with Gasteiger partial charge in [-0.15, -0.1) is 0 Å². The van der Waals surface area contributed by atoms with Gasteiger partial charge in [0.15, 0.2) is 6.61 Å². The Bertz CT molecular complexity index is 974. The third-order valence-corrected chi connectivity index (χ3v) is 10.7. The minimum atomic E-state index is -0.480. The summed E-state index contributed by atoms with van der Waals surface area (Å²) in [5.41, 5.74) is 2.79. The van der Waals surface area contributed by atoms with Gasteiger partial charge in [-0.25, -0.2) is 0 Å². The molecule has 4 aliphatic carbocycles. The Morgan fingerprint density at radius 3 is 2.72 bits per heavy atom. The zero-order valence-corrected chi connectivity index (χ0v) is 22.2. The number of Topliss-reactive ketones (excluding diaryl/α,β-unsaturated/α-hetero) is 1. The molecule has 1 heterocycles. The highest BCUT2D eigenvalue weighted by Gasteiger charge is 2.59. The Labute approximate surface area is 215 Å². The highest BCUT2D eigenvalue weighted by atomic mass is 16.6. The van der Waals surface area contributed by atoms with Crippen LogP contribution in [0.3, 0.4) is 0 Å². The lowest BCUT2D eigenvalue weighted by Gasteiger charge is -2.58. The van der Waals surface area contributed by atoms with Crippen molar-refractivity contribution in [3.8, 4) is 0 Å². The standard InChI is InChI=1S/C29H43N3O4/c1-18(33)22-9-10-23-21-8-7-19-16-20(11-13-28(19,2)24(21)12-14-29(22,23)3)32-36-17-26(34)31-25-6-4-5-15-30-27(25)35/h16,21-25H,4-15,17H2,1-3H3,(H,30,35)(H,31,34)/t21-,22+,23-,24-,25-,28-,29+/m0/s1. The Morgan fingerprint density at radius 2 is 1.92 bits per heavy atom. The Morgan fingerprint density at radius 1 is 1.08 bits per heavy atom. The van der Waals surface area contributed by atoms with Crippen LogP contribution in [0.5, 0.6) is 0 Å². The number of carbonyl (C=O) groups is 3. The van der Waals surface area contributed by atoms with Gasteiger partial charge in [0.25, 0.3) is 5.91 Å². The van der Waals surface area contributed by atoms with Gasteiger partial charge in [-0.2, -0.15) is 0 Å². The molecule has 0 unspecified atom stereocenters. The number of carbonyl (C=O) groups excluding carboxylic acids is 3. The first-order valence-electron chi connectivity index (χ1n) is 14.2. The molecule has 7 nitrogen and oxygen atoms in total. The second kappa shape index (κ2) is 9.94. The molecular formula is C29H43N3O4. The number of amides is 2. The third kappa shape index (κ3) is 4.51. The van der Waals surface area contributed by atoms with Crippen molar-refractivity contribution in [3.63, 3.8) is 0 Å². The van der Waals surface area contributed by atoms with Crippen molar-refractivity contribution >= 4 is 23.3 Å². The molecule has 2 amide bonds. The molecule has 36 heavy (non-hydrogen) atoms. The maximum Gasteiger partial charge on any atom is 0.261 e. The Kier molecular flexibility index (Phi) is 7.03. The number of fused-ring (bicyclic) bond motifs is 5. The van der Waals surface area contributed by atoms with Crippen molar-refractivity contribution in [2.75, 3.05) is 13.2 Å². The summed E-state index contributed by atoms with van der Waals surface area (Å²) in [7, 11) is 0. The van der Waals surface area contributed by atoms with E-state index < -0.39 is 6.04 Å². The van der Waals surface area contributed by atoms with Gasteiger partial charge < -0.3 is 15.5 Å². The minimum Gasteiger partial charge on any atom is -0.385 e. The van der Waals surface area contributed by atoms with Crippen molar-refractivity contribution < 1.29 is 19.2 Å². The van der Waals surface area contributed by atoms with E-state index in [0.29, 0.717) is 30.6 Å². The fourth-order valence-electron chi connectivity index (χ4n) is 8.80. The lowest BCUT2D eigenvalue weighted by Crippen LogP contribution is -2.51. The zero-order chi connectivity index (χ0) is 25.5. The van der Waals surface area contributed by atoms with Gasteiger partial charge in [-0.1, -0.05) is 24.6 Å². The lowest BCUT2D eigenvalue weighted by molar-refractivity contribution is -0.131. The van der Waals surface area contributed by atoms with E-state index in [1.54, 1.807) is 6.92 Å². The molecule has 7 atom stereocenters. The SMILES string of the molecule is CC(=O)[C@H]1CC[C@H]2[C@@H]3CCC4=CC(=NOCC(=O)N[C@H]5CCCCNC5=O)CC[C@]4(C)[C@H]3CC[C@]12C. The number of ketones is 1. The van der Waals surface area contributed by atoms with Gasteiger partial charge in [0.2, 0.25) is 5.91 Å². The van der Waals surface area contributed by atoms with Crippen molar-refractivity contribution in [1.29, 1.82) is 0 Å². The second-order valence-corrected chi connectivity index (χ2v) is 12.6. The summed E-state index contributed by atoms with van der Waals surface area (Å²) in [5.74, 6) is 2.30. The van der Waals surface area contributed by atoms with Crippen molar-refractivity contribution in [2.45, 2.75) is 97.4 Å². The molecule has 3 saturated carbocycles. The lowest BCUT2D eigenvalue weighted by atomic mass is 9.46. The largest absolute Gasteiger partial charge is 0.385 e. The van der Waals surface area contributed by atoms with E-state index in [2.05, 4.69) is 35.7 Å². The van der Waals surface area contributed by atoms with Crippen LogP contribution >= 0.6 is 0 Å². The maximum absolute atomic E-state index is 12.4. The topological polar surface area (TPSA) is 96.9 Å². The van der Waals surface area contributed by atoms with Gasteiger partial charge in [-0.05, 0) is 112 Å². The average Bonchev–Trinajstić information content (AvgIpc) is 3.08. The molecule has 0 radical (unpaired) electrons. The van der Waals surface area contributed by atoms with E-state index in [1.165, 1.54) is 31.3 Å². The van der Waals surface area contributed by atoms with E-state index in [9.17, 15) is 14.4 Å². The summed E-state index contributed by atoms with van der Waals surface area (Å²) < 4.78 is 0. The monoisotopic (exact) mass is 497 g/mol. The van der Waals surface area contributed by atoms with E-state index in [-0.39, 0.29) is 35.2 Å². The molecule has 5 rings (SSSR count). The molecule has 5 aliphatic rings. The second-order valence-electron chi connectivity index (χ2n) is 12.6. The number of hydrogen-bond donors (Lipinski definition) is 2. The van der Waals surface area contributed by atoms with Crippen LogP contribution in [0, 0.1) is 34.5 Å². The maximum atomic E-state index is 12.4. The normalized spacial score (nSPS) is 41.2. The molecule has 4 fully saturated rings. The molecular weight excluding hydrogens is 454 g/mol. The van der Waals surface area contributed by atoms with Crippen molar-refractivity contribution in [2.24, 2.45) is 39.7 Å². The van der Waals surface area contributed by atoms with Crippen LogP contribution in [0.4, 0.5) is 0 Å². The van der Waals surface area contributed by atoms with E-state index in [1.807, 2.05) is 0 Å². The third-order valence-electron chi connectivity index (χ3n) is 10.7. The van der Waals surface area contributed by atoms with Crippen LogP contribution in [-0.4, -0.2) is 42.5 Å². The first-order valence-corrected chi connectivity index (χ1v) is 14.2. The quantitative estimate of drug-likeness (QED) is 0.553. The van der Waals surface area contributed by atoms with Crippen LogP contribution < -0.4 is 10.6 Å². The molecule has 198 valence electrons. The highest BCUT2D eigenvalue weighted by Crippen LogP contribution is 2.66. The van der Waals surface area contributed by atoms with E-state index >= 15 is 0 Å². The molecule has 1 aliphatic heterocycles. The van der Waals surface area contributed by atoms with Gasteiger partial charge in [0, 0.05) is 12.5 Å². The average molecular weight is 498 g/mol. The first-order chi connectivity index (χ1) is 17.2. The fourth-order valence-corrected chi connectivity index (χ4v) is 8.80. The molecule has 1 saturated heterocycles. The smallest absolute Gasteiger partial charge is 0.261 e. The number of allylic oxidation sites excluding steroid dienone is 2. The molecule has 0 aromatic carbocycles. The Balaban J connectivity index is 1.20. The molecule has 0 bridgehead atoms. The van der Waals surface area contributed by atoms with Crippen molar-refractivity contribution in [1.82, 2.24) is 10.6 Å². The van der Waals surface area contributed by atoms with Gasteiger partial charge in [0.1, 0.15) is 11.8 Å². The summed E-state index contributed by atoms with van der Waals surface area (Å²) in [6, 6.07) is -0.480. The van der Waals surface area contributed by atoms with E-state index in [0.717, 1.165) is 50.2 Å². The van der Waals surface area contributed by atoms with Gasteiger partial charge in [-0.3, -0.25) is 14.4 Å². The summed E-state index contributed by atoms with van der Waals surface area (Å²) in [6.45, 7) is 7.16. The molecule has 0 spiro atoms. The van der Waals surface area contributed by atoms with Crippen molar-refractivity contribution in [3.05, 3.63) is 11.6 Å². The van der Waals surface area contributed by atoms with Crippen LogP contribution in [0.15, 0.2) is 16.8 Å². The molecule has 2 N–H and O–H groups in total. The Hall–Kier alpha value is -2.18. The number of rotatable bonds is 5. The fraction of sp³-hybridized carbons (Fsp3) is 0.793. The predicted octanol–water partition coefficient (Wildman–Crippen LogP) is 4.31. The molecule has 0 aromatic heterocycles. The first kappa shape index (κ1) is 25.5. The summed E-state index contributed by atoms with van der Waals surface area (Å²) in [6.07, 6.45) is 13.6. The summed E-state index contributed by atoms with van der Waals surface area (Å²) in [4.78, 5) is 42.2. The number of nitrogens with one attached hydrogen (secondary N) is 2. The molecule has 7 heteroatoms. The number of oxime groups is 1. The summed E-state index contributed by atoms with van der Waals surface area (Å²) >= 11 is 0. The zero-order valence-electron chi connectivity index (χ0n) is 22.2. The number of hydrogen-bond acceptors (Lipinski definition) is 5. The molecule has 0 aromatic rings. The highest BCUT2D eigenvalue weighted by molar-refractivity contribution is 5.96. The predicted molar refractivity (Wildman–Crippen MR) is 138 cm³/mol. The number of nitrogens with zero attached hydrogens (tertiary/aromatic N) is 1. The van der Waals surface area contributed by atoms with E-state index in [4.69, 9.17) is 4.84 Å². The minimum absolute atomic E-state index is 0.114. The van der Waals surface area contributed by atoms with Crippen LogP contribution in [0.2, 0.25) is 0 Å². The van der Waals surface area contributed by atoms with Gasteiger partial charge in [0.05, 0.1) is 5.71 Å². The van der Waals surface area contributed by atoms with Crippen LogP contribution in [0.1, 0.15) is 91.4 Å². The summed E-state index contributed by atoms with van der Waals surface area (Å²) in [5, 5.41) is 9.93. The van der Waals surface area contributed by atoms with Crippen LogP contribution in [-0.2, 0) is 19.2 Å².